The first-order valence-electron chi connectivity index (χ1n) is 5.09. The third-order valence-corrected chi connectivity index (χ3v) is 3.21. The van der Waals surface area contributed by atoms with Gasteiger partial charge in [-0.15, -0.1) is 11.3 Å². The highest BCUT2D eigenvalue weighted by molar-refractivity contribution is 7.13. The van der Waals surface area contributed by atoms with E-state index in [9.17, 15) is 13.2 Å². The average Bonchev–Trinajstić information content (AvgIpc) is 2.65. The third kappa shape index (κ3) is 2.34. The molecule has 0 N–H and O–H groups in total. The Hall–Kier alpha value is -1.36. The van der Waals surface area contributed by atoms with Crippen molar-refractivity contribution in [3.63, 3.8) is 0 Å². The monoisotopic (exact) mass is 257 g/mol. The van der Waals surface area contributed by atoms with E-state index in [2.05, 4.69) is 4.98 Å². The van der Waals surface area contributed by atoms with Crippen molar-refractivity contribution in [2.45, 2.75) is 19.8 Å². The zero-order valence-electron chi connectivity index (χ0n) is 9.30. The summed E-state index contributed by atoms with van der Waals surface area (Å²) in [6, 6.07) is 1.32. The largest absolute Gasteiger partial charge is 0.241 e. The van der Waals surface area contributed by atoms with Crippen LogP contribution < -0.4 is 0 Å². The Morgan fingerprint density at radius 2 is 1.71 bits per heavy atom. The number of rotatable bonds is 2. The zero-order chi connectivity index (χ0) is 12.6. The van der Waals surface area contributed by atoms with Crippen molar-refractivity contribution in [3.05, 3.63) is 40.7 Å². The second kappa shape index (κ2) is 4.49. The summed E-state index contributed by atoms with van der Waals surface area (Å²) in [7, 11) is 0. The van der Waals surface area contributed by atoms with Gasteiger partial charge in [-0.25, -0.2) is 18.2 Å². The lowest BCUT2D eigenvalue weighted by Crippen LogP contribution is -1.93. The first-order valence-corrected chi connectivity index (χ1v) is 5.97. The molecule has 2 rings (SSSR count). The predicted molar refractivity (Wildman–Crippen MR) is 61.5 cm³/mol. The molecule has 1 aromatic carbocycles. The molecule has 0 aliphatic rings. The Morgan fingerprint density at radius 3 is 2.18 bits per heavy atom. The van der Waals surface area contributed by atoms with Crippen LogP contribution in [0.4, 0.5) is 13.2 Å². The summed E-state index contributed by atoms with van der Waals surface area (Å²) in [5, 5.41) is 1.99. The maximum Gasteiger partial charge on any atom is 0.139 e. The van der Waals surface area contributed by atoms with Gasteiger partial charge in [0.15, 0.2) is 0 Å². The van der Waals surface area contributed by atoms with Crippen LogP contribution in [0.3, 0.4) is 0 Å². The lowest BCUT2D eigenvalue weighted by atomic mass is 10.1. The van der Waals surface area contributed by atoms with Crippen LogP contribution in [-0.2, 0) is 0 Å². The second-order valence-electron chi connectivity index (χ2n) is 3.98. The van der Waals surface area contributed by atoms with Crippen molar-refractivity contribution < 1.29 is 13.2 Å². The molecular weight excluding hydrogens is 247 g/mol. The summed E-state index contributed by atoms with van der Waals surface area (Å²) >= 11 is 1.15. The molecule has 0 radical (unpaired) electrons. The van der Waals surface area contributed by atoms with E-state index in [1.807, 2.05) is 13.8 Å². The summed E-state index contributed by atoms with van der Waals surface area (Å²) in [5.74, 6) is -2.59. The lowest BCUT2D eigenvalue weighted by molar-refractivity contribution is 0.548. The zero-order valence-corrected chi connectivity index (χ0v) is 10.1. The van der Waals surface area contributed by atoms with Crippen molar-refractivity contribution in [3.8, 4) is 10.6 Å². The Balaban J connectivity index is 2.52. The number of thiazole rings is 1. The van der Waals surface area contributed by atoms with E-state index in [0.29, 0.717) is 12.1 Å². The second-order valence-corrected chi connectivity index (χ2v) is 4.83. The van der Waals surface area contributed by atoms with Crippen LogP contribution in [0, 0.1) is 17.5 Å². The van der Waals surface area contributed by atoms with E-state index in [4.69, 9.17) is 0 Å². The van der Waals surface area contributed by atoms with Crippen LogP contribution in [0.15, 0.2) is 17.5 Å². The van der Waals surface area contributed by atoms with Crippen molar-refractivity contribution in [2.75, 3.05) is 0 Å². The first kappa shape index (κ1) is 12.1. The molecule has 5 heteroatoms. The van der Waals surface area contributed by atoms with Gasteiger partial charge in [0.1, 0.15) is 22.5 Å². The normalized spacial score (nSPS) is 11.2. The third-order valence-electron chi connectivity index (χ3n) is 2.33. The van der Waals surface area contributed by atoms with E-state index in [1.165, 1.54) is 0 Å². The highest BCUT2D eigenvalue weighted by atomic mass is 32.1. The molecule has 2 aromatic rings. The molecule has 0 atom stereocenters. The van der Waals surface area contributed by atoms with Crippen LogP contribution in [-0.4, -0.2) is 4.98 Å². The summed E-state index contributed by atoms with van der Waals surface area (Å²) < 4.78 is 39.7. The van der Waals surface area contributed by atoms with Gasteiger partial charge in [0.25, 0.3) is 0 Å². The van der Waals surface area contributed by atoms with Gasteiger partial charge in [-0.1, -0.05) is 13.8 Å². The lowest BCUT2D eigenvalue weighted by Gasteiger charge is -2.02. The Morgan fingerprint density at radius 1 is 1.12 bits per heavy atom. The van der Waals surface area contributed by atoms with Crippen molar-refractivity contribution in [2.24, 2.45) is 0 Å². The van der Waals surface area contributed by atoms with E-state index >= 15 is 0 Å². The van der Waals surface area contributed by atoms with Gasteiger partial charge < -0.3 is 0 Å². The molecule has 1 nitrogen and oxygen atoms in total. The van der Waals surface area contributed by atoms with Gasteiger partial charge >= 0.3 is 0 Å². The molecule has 1 aromatic heterocycles. The minimum atomic E-state index is -0.926. The fourth-order valence-electron chi connectivity index (χ4n) is 1.41. The SMILES string of the molecule is CC(C)c1csc(-c2c(F)cc(F)cc2F)n1. The van der Waals surface area contributed by atoms with E-state index in [0.717, 1.165) is 17.0 Å². The van der Waals surface area contributed by atoms with E-state index in [1.54, 1.807) is 5.38 Å². The number of aromatic nitrogens is 1. The number of benzene rings is 1. The molecular formula is C12H10F3NS. The van der Waals surface area contributed by atoms with Crippen LogP contribution in [0.5, 0.6) is 0 Å². The highest BCUT2D eigenvalue weighted by Crippen LogP contribution is 2.31. The number of nitrogens with zero attached hydrogens (tertiary/aromatic N) is 1. The fourth-order valence-corrected chi connectivity index (χ4v) is 2.44. The molecule has 0 saturated heterocycles. The van der Waals surface area contributed by atoms with Crippen LogP contribution in [0.25, 0.3) is 10.6 Å². The minimum absolute atomic E-state index is 0.187. The van der Waals surface area contributed by atoms with Crippen LogP contribution in [0.1, 0.15) is 25.5 Å². The van der Waals surface area contributed by atoms with Gasteiger partial charge in [-0.05, 0) is 5.92 Å². The van der Waals surface area contributed by atoms with E-state index < -0.39 is 17.5 Å². The molecule has 0 fully saturated rings. The summed E-state index contributed by atoms with van der Waals surface area (Å²) in [5.41, 5.74) is 0.511. The van der Waals surface area contributed by atoms with Crippen molar-refractivity contribution in [1.29, 1.82) is 0 Å². The molecule has 17 heavy (non-hydrogen) atoms. The Bertz CT molecular complexity index is 525. The Kier molecular flexibility index (Phi) is 3.19. The minimum Gasteiger partial charge on any atom is -0.241 e. The van der Waals surface area contributed by atoms with E-state index in [-0.39, 0.29) is 16.5 Å². The smallest absolute Gasteiger partial charge is 0.139 e. The maximum atomic E-state index is 13.5. The number of hydrogen-bond acceptors (Lipinski definition) is 2. The van der Waals surface area contributed by atoms with Crippen molar-refractivity contribution in [1.82, 2.24) is 4.98 Å². The molecule has 0 spiro atoms. The number of hydrogen-bond donors (Lipinski definition) is 0. The maximum absolute atomic E-state index is 13.5. The fraction of sp³-hybridized carbons (Fsp3) is 0.250. The molecule has 0 aliphatic carbocycles. The summed E-state index contributed by atoms with van der Waals surface area (Å²) in [6.45, 7) is 3.88. The van der Waals surface area contributed by atoms with Gasteiger partial charge in [-0.3, -0.25) is 0 Å². The van der Waals surface area contributed by atoms with Gasteiger partial charge in [0, 0.05) is 17.5 Å². The van der Waals surface area contributed by atoms with Gasteiger partial charge in [0.2, 0.25) is 0 Å². The molecule has 0 bridgehead atoms. The summed E-state index contributed by atoms with van der Waals surface area (Å²) in [6.07, 6.45) is 0. The summed E-state index contributed by atoms with van der Waals surface area (Å²) in [4.78, 5) is 4.15. The van der Waals surface area contributed by atoms with Gasteiger partial charge in [-0.2, -0.15) is 0 Å². The Labute approximate surface area is 101 Å². The van der Waals surface area contributed by atoms with Crippen molar-refractivity contribution >= 4 is 11.3 Å². The predicted octanol–water partition coefficient (Wildman–Crippen LogP) is 4.35. The topological polar surface area (TPSA) is 12.9 Å². The number of halogens is 3. The van der Waals surface area contributed by atoms with Crippen LogP contribution in [0.2, 0.25) is 0 Å². The quantitative estimate of drug-likeness (QED) is 0.779. The molecule has 0 aliphatic heterocycles. The molecule has 0 unspecified atom stereocenters. The molecule has 0 amide bonds. The first-order chi connectivity index (χ1) is 7.99. The standard InChI is InChI=1S/C12H10F3NS/c1-6(2)10-5-17-12(16-10)11-8(14)3-7(13)4-9(11)15/h3-6H,1-2H3. The molecule has 90 valence electrons. The average molecular weight is 257 g/mol. The van der Waals surface area contributed by atoms with Gasteiger partial charge in [0.05, 0.1) is 11.3 Å². The molecule has 1 heterocycles. The molecule has 0 saturated carbocycles. The van der Waals surface area contributed by atoms with Crippen LogP contribution >= 0.6 is 11.3 Å². The highest BCUT2D eigenvalue weighted by Gasteiger charge is 2.17.